The Bertz CT molecular complexity index is 840. The van der Waals surface area contributed by atoms with Gasteiger partial charge in [0.05, 0.1) is 11.3 Å². The molecule has 3 rings (SSSR count). The lowest BCUT2D eigenvalue weighted by molar-refractivity contribution is 0.588. The molecule has 1 heterocycles. The summed E-state index contributed by atoms with van der Waals surface area (Å²) in [5, 5.41) is 0. The van der Waals surface area contributed by atoms with Gasteiger partial charge in [0.25, 0.3) is 5.56 Å². The third-order valence-electron chi connectivity index (χ3n) is 3.29. The standard InChI is InChI=1S/C17H12F2N2O/c18-12-7-4-8-13(19)16(12)15-10-20-17(22)14(21-15)9-11-5-2-1-3-6-11/h1-8,10H,9H2,(H,20,22). The van der Waals surface area contributed by atoms with Crippen LogP contribution in [0.25, 0.3) is 11.3 Å². The molecule has 5 heteroatoms. The largest absolute Gasteiger partial charge is 0.325 e. The highest BCUT2D eigenvalue weighted by molar-refractivity contribution is 5.59. The van der Waals surface area contributed by atoms with E-state index < -0.39 is 11.6 Å². The van der Waals surface area contributed by atoms with Crippen LogP contribution in [-0.4, -0.2) is 9.97 Å². The topological polar surface area (TPSA) is 45.8 Å². The smallest absolute Gasteiger partial charge is 0.270 e. The van der Waals surface area contributed by atoms with Gasteiger partial charge in [-0.2, -0.15) is 0 Å². The third kappa shape index (κ3) is 2.79. The highest BCUT2D eigenvalue weighted by Crippen LogP contribution is 2.23. The summed E-state index contributed by atoms with van der Waals surface area (Å²) in [4.78, 5) is 18.5. The van der Waals surface area contributed by atoms with Gasteiger partial charge in [-0.15, -0.1) is 0 Å². The SMILES string of the molecule is O=c1[nH]cc(-c2c(F)cccc2F)nc1Cc1ccccc1. The average molecular weight is 298 g/mol. The molecule has 22 heavy (non-hydrogen) atoms. The number of aromatic amines is 1. The van der Waals surface area contributed by atoms with Crippen LogP contribution >= 0.6 is 0 Å². The molecular formula is C17H12F2N2O. The van der Waals surface area contributed by atoms with E-state index in [2.05, 4.69) is 9.97 Å². The van der Waals surface area contributed by atoms with Crippen LogP contribution in [0.15, 0.2) is 59.5 Å². The fourth-order valence-electron chi connectivity index (χ4n) is 2.23. The second kappa shape index (κ2) is 5.89. The Labute approximate surface area is 125 Å². The van der Waals surface area contributed by atoms with Crippen LogP contribution in [0.1, 0.15) is 11.3 Å². The second-order valence-corrected chi connectivity index (χ2v) is 4.82. The first-order chi connectivity index (χ1) is 10.6. The number of nitrogens with zero attached hydrogens (tertiary/aromatic N) is 1. The van der Waals surface area contributed by atoms with Gasteiger partial charge in [0, 0.05) is 12.6 Å². The number of halogens is 2. The van der Waals surface area contributed by atoms with E-state index in [9.17, 15) is 13.6 Å². The lowest BCUT2D eigenvalue weighted by atomic mass is 10.1. The van der Waals surface area contributed by atoms with Gasteiger partial charge >= 0.3 is 0 Å². The van der Waals surface area contributed by atoms with Crippen molar-refractivity contribution < 1.29 is 8.78 Å². The molecule has 0 spiro atoms. The van der Waals surface area contributed by atoms with Gasteiger partial charge in [0.2, 0.25) is 0 Å². The molecule has 3 nitrogen and oxygen atoms in total. The van der Waals surface area contributed by atoms with Crippen LogP contribution < -0.4 is 5.56 Å². The normalized spacial score (nSPS) is 10.6. The zero-order chi connectivity index (χ0) is 15.5. The summed E-state index contributed by atoms with van der Waals surface area (Å²) in [6.45, 7) is 0. The predicted octanol–water partition coefficient (Wildman–Crippen LogP) is 3.31. The molecule has 0 radical (unpaired) electrons. The van der Waals surface area contributed by atoms with Crippen LogP contribution in [0.2, 0.25) is 0 Å². The number of hydrogen-bond donors (Lipinski definition) is 1. The van der Waals surface area contributed by atoms with Crippen molar-refractivity contribution in [3.63, 3.8) is 0 Å². The van der Waals surface area contributed by atoms with Gasteiger partial charge in [-0.1, -0.05) is 36.4 Å². The highest BCUT2D eigenvalue weighted by Gasteiger charge is 2.14. The zero-order valence-electron chi connectivity index (χ0n) is 11.5. The predicted molar refractivity (Wildman–Crippen MR) is 79.5 cm³/mol. The zero-order valence-corrected chi connectivity index (χ0v) is 11.5. The van der Waals surface area contributed by atoms with Gasteiger partial charge in [-0.25, -0.2) is 13.8 Å². The lowest BCUT2D eigenvalue weighted by Crippen LogP contribution is -2.16. The maximum absolute atomic E-state index is 13.8. The Morgan fingerprint density at radius 2 is 1.64 bits per heavy atom. The number of hydrogen-bond acceptors (Lipinski definition) is 2. The number of rotatable bonds is 3. The lowest BCUT2D eigenvalue weighted by Gasteiger charge is -2.06. The monoisotopic (exact) mass is 298 g/mol. The molecule has 0 saturated heterocycles. The van der Waals surface area contributed by atoms with Gasteiger partial charge in [0.1, 0.15) is 17.3 Å². The van der Waals surface area contributed by atoms with Crippen LogP contribution in [0.4, 0.5) is 8.78 Å². The van der Waals surface area contributed by atoms with Crippen molar-refractivity contribution in [2.24, 2.45) is 0 Å². The summed E-state index contributed by atoms with van der Waals surface area (Å²) in [5.41, 5.74) is 0.566. The molecular weight excluding hydrogens is 286 g/mol. The van der Waals surface area contributed by atoms with Crippen molar-refractivity contribution in [2.45, 2.75) is 6.42 Å². The second-order valence-electron chi connectivity index (χ2n) is 4.82. The van der Waals surface area contributed by atoms with E-state index in [1.165, 1.54) is 12.3 Å². The van der Waals surface area contributed by atoms with Crippen molar-refractivity contribution in [2.75, 3.05) is 0 Å². The van der Waals surface area contributed by atoms with Crippen LogP contribution in [0.5, 0.6) is 0 Å². The first kappa shape index (κ1) is 14.1. The maximum Gasteiger partial charge on any atom is 0.270 e. The van der Waals surface area contributed by atoms with E-state index in [0.717, 1.165) is 17.7 Å². The molecule has 3 aromatic rings. The summed E-state index contributed by atoms with van der Waals surface area (Å²) in [7, 11) is 0. The molecule has 0 unspecified atom stereocenters. The van der Waals surface area contributed by atoms with E-state index in [0.29, 0.717) is 6.42 Å². The van der Waals surface area contributed by atoms with Crippen molar-refractivity contribution in [1.82, 2.24) is 9.97 Å². The van der Waals surface area contributed by atoms with Gasteiger partial charge in [0.15, 0.2) is 0 Å². The van der Waals surface area contributed by atoms with E-state index in [1.807, 2.05) is 30.3 Å². The molecule has 0 atom stereocenters. The molecule has 1 N–H and O–H groups in total. The Hall–Kier alpha value is -2.82. The van der Waals surface area contributed by atoms with Crippen molar-refractivity contribution in [1.29, 1.82) is 0 Å². The fraction of sp³-hybridized carbons (Fsp3) is 0.0588. The number of H-pyrrole nitrogens is 1. The maximum atomic E-state index is 13.8. The van der Waals surface area contributed by atoms with Gasteiger partial charge in [-0.05, 0) is 17.7 Å². The molecule has 0 aliphatic rings. The van der Waals surface area contributed by atoms with E-state index in [1.54, 1.807) is 0 Å². The molecule has 110 valence electrons. The molecule has 0 saturated carbocycles. The molecule has 1 aromatic heterocycles. The van der Waals surface area contributed by atoms with Crippen molar-refractivity contribution in [3.8, 4) is 11.3 Å². The highest BCUT2D eigenvalue weighted by atomic mass is 19.1. The molecule has 0 amide bonds. The number of nitrogens with one attached hydrogen (secondary N) is 1. The number of benzene rings is 2. The summed E-state index contributed by atoms with van der Waals surface area (Å²) >= 11 is 0. The Kier molecular flexibility index (Phi) is 3.78. The fourth-order valence-corrected chi connectivity index (χ4v) is 2.23. The quantitative estimate of drug-likeness (QED) is 0.806. The van der Waals surface area contributed by atoms with Crippen molar-refractivity contribution in [3.05, 3.63) is 88.0 Å². The van der Waals surface area contributed by atoms with Crippen LogP contribution in [0, 0.1) is 11.6 Å². The summed E-state index contributed by atoms with van der Waals surface area (Å²) < 4.78 is 27.6. The Morgan fingerprint density at radius 1 is 0.955 bits per heavy atom. The molecule has 0 aliphatic carbocycles. The summed E-state index contributed by atoms with van der Waals surface area (Å²) in [6.07, 6.45) is 1.51. The molecule has 0 bridgehead atoms. The summed E-state index contributed by atoms with van der Waals surface area (Å²) in [6, 6.07) is 12.9. The molecule has 0 aliphatic heterocycles. The first-order valence-corrected chi connectivity index (χ1v) is 6.72. The minimum atomic E-state index is -0.717. The molecule has 0 fully saturated rings. The van der Waals surface area contributed by atoms with Crippen LogP contribution in [0.3, 0.4) is 0 Å². The average Bonchev–Trinajstić information content (AvgIpc) is 2.51. The van der Waals surface area contributed by atoms with Crippen LogP contribution in [-0.2, 0) is 6.42 Å². The Morgan fingerprint density at radius 3 is 2.32 bits per heavy atom. The van der Waals surface area contributed by atoms with Gasteiger partial charge in [-0.3, -0.25) is 4.79 Å². The van der Waals surface area contributed by atoms with Crippen molar-refractivity contribution >= 4 is 0 Å². The van der Waals surface area contributed by atoms with E-state index in [4.69, 9.17) is 0 Å². The first-order valence-electron chi connectivity index (χ1n) is 6.72. The minimum Gasteiger partial charge on any atom is -0.325 e. The minimum absolute atomic E-state index is 0.0705. The Balaban J connectivity index is 2.05. The molecule has 2 aromatic carbocycles. The van der Waals surface area contributed by atoms with Gasteiger partial charge < -0.3 is 4.98 Å². The third-order valence-corrected chi connectivity index (χ3v) is 3.29. The number of aromatic nitrogens is 2. The van der Waals surface area contributed by atoms with E-state index in [-0.39, 0.29) is 22.5 Å². The van der Waals surface area contributed by atoms with E-state index >= 15 is 0 Å². The summed E-state index contributed by atoms with van der Waals surface area (Å²) in [5.74, 6) is -1.43.